The lowest BCUT2D eigenvalue weighted by atomic mass is 9.71. The summed E-state index contributed by atoms with van der Waals surface area (Å²) in [6.07, 6.45) is 4.28. The lowest BCUT2D eigenvalue weighted by molar-refractivity contribution is -0.109. The number of rotatable bonds is 3. The molecule has 3 aromatic rings. The molecule has 0 aliphatic heterocycles. The summed E-state index contributed by atoms with van der Waals surface area (Å²) >= 11 is 1.82. The Labute approximate surface area is 190 Å². The fraction of sp³-hybridized carbons (Fsp3) is 0.440. The van der Waals surface area contributed by atoms with Gasteiger partial charge in [0.15, 0.2) is 0 Å². The first-order valence-corrected chi connectivity index (χ1v) is 11.6. The van der Waals surface area contributed by atoms with Crippen LogP contribution in [0.2, 0.25) is 0 Å². The standard InChI is InChI=1S/C16H21NS.C6H7N.C3H8N2O/c1-10-7-12-8-11-9-13(16(2,3)4)5-6-14(11)17-15(12)18-10;7-6-4-2-1-3-5-6;4-1-2-5-3-6/h7-8,13H,5-6,9H2,1-4H3;1-5H,7H2;3H,1-2,4H2,(H,5,6). The molecule has 1 aromatic carbocycles. The number of nitrogens with one attached hydrogen (secondary N) is 1. The number of aromatic nitrogens is 1. The van der Waals surface area contributed by atoms with E-state index in [0.717, 1.165) is 18.0 Å². The second kappa shape index (κ2) is 11.8. The zero-order valence-electron chi connectivity index (χ0n) is 19.2. The number of nitrogens with two attached hydrogens (primary N) is 2. The van der Waals surface area contributed by atoms with Gasteiger partial charge in [-0.3, -0.25) is 4.79 Å². The molecule has 1 unspecified atom stereocenters. The summed E-state index contributed by atoms with van der Waals surface area (Å²) in [4.78, 5) is 16.9. The lowest BCUT2D eigenvalue weighted by Gasteiger charge is -2.34. The molecule has 0 saturated carbocycles. The Hall–Kier alpha value is -2.44. The minimum Gasteiger partial charge on any atom is -0.399 e. The fourth-order valence-corrected chi connectivity index (χ4v) is 4.47. The van der Waals surface area contributed by atoms with E-state index in [0.29, 0.717) is 24.9 Å². The molecule has 5 nitrogen and oxygen atoms in total. The molecule has 2 heterocycles. The predicted molar refractivity (Wildman–Crippen MR) is 133 cm³/mol. The van der Waals surface area contributed by atoms with Gasteiger partial charge in [-0.05, 0) is 67.3 Å². The number of fused-ring (bicyclic) bond motifs is 2. The number of para-hydroxylation sites is 1. The average Bonchev–Trinajstić information content (AvgIpc) is 3.09. The van der Waals surface area contributed by atoms with Gasteiger partial charge >= 0.3 is 0 Å². The van der Waals surface area contributed by atoms with Crippen molar-refractivity contribution in [3.8, 4) is 0 Å². The topological polar surface area (TPSA) is 94.0 Å². The van der Waals surface area contributed by atoms with Gasteiger partial charge in [-0.2, -0.15) is 0 Å². The average molecular weight is 441 g/mol. The van der Waals surface area contributed by atoms with Crippen LogP contribution in [0, 0.1) is 18.3 Å². The third-order valence-corrected chi connectivity index (χ3v) is 6.35. The maximum atomic E-state index is 9.40. The van der Waals surface area contributed by atoms with Crippen LogP contribution in [-0.2, 0) is 17.6 Å². The highest BCUT2D eigenvalue weighted by Gasteiger charge is 2.29. The summed E-state index contributed by atoms with van der Waals surface area (Å²) in [6.45, 7) is 10.3. The van der Waals surface area contributed by atoms with Crippen LogP contribution in [0.1, 0.15) is 43.3 Å². The fourth-order valence-electron chi connectivity index (χ4n) is 3.58. The van der Waals surface area contributed by atoms with Crippen molar-refractivity contribution >= 4 is 33.7 Å². The second-order valence-corrected chi connectivity index (χ2v) is 10.2. The number of hydrogen-bond donors (Lipinski definition) is 3. The van der Waals surface area contributed by atoms with Crippen LogP contribution in [0.5, 0.6) is 0 Å². The van der Waals surface area contributed by atoms with E-state index in [1.54, 1.807) is 0 Å². The Morgan fingerprint density at radius 3 is 2.45 bits per heavy atom. The van der Waals surface area contributed by atoms with Crippen molar-refractivity contribution < 1.29 is 4.79 Å². The Morgan fingerprint density at radius 2 is 1.94 bits per heavy atom. The van der Waals surface area contributed by atoms with E-state index in [1.807, 2.05) is 41.7 Å². The summed E-state index contributed by atoms with van der Waals surface area (Å²) in [7, 11) is 0. The summed E-state index contributed by atoms with van der Waals surface area (Å²) in [6, 6.07) is 14.1. The van der Waals surface area contributed by atoms with Crippen molar-refractivity contribution in [1.82, 2.24) is 10.3 Å². The van der Waals surface area contributed by atoms with E-state index in [1.165, 1.54) is 39.2 Å². The third-order valence-electron chi connectivity index (χ3n) is 5.39. The van der Waals surface area contributed by atoms with E-state index in [4.69, 9.17) is 16.5 Å². The first-order chi connectivity index (χ1) is 14.7. The molecule has 31 heavy (non-hydrogen) atoms. The van der Waals surface area contributed by atoms with Crippen molar-refractivity contribution in [3.05, 3.63) is 58.6 Å². The first-order valence-electron chi connectivity index (χ1n) is 10.8. The summed E-state index contributed by atoms with van der Waals surface area (Å²) < 4.78 is 0. The number of nitrogens with zero attached hydrogens (tertiary/aromatic N) is 1. The van der Waals surface area contributed by atoms with E-state index >= 15 is 0 Å². The Kier molecular flexibility index (Phi) is 9.46. The molecule has 0 bridgehead atoms. The number of carbonyl (C=O) groups is 1. The van der Waals surface area contributed by atoms with E-state index in [2.05, 4.69) is 45.1 Å². The largest absolute Gasteiger partial charge is 0.399 e. The van der Waals surface area contributed by atoms with Crippen LogP contribution < -0.4 is 16.8 Å². The van der Waals surface area contributed by atoms with Gasteiger partial charge < -0.3 is 16.8 Å². The molecular formula is C25H36N4OS. The van der Waals surface area contributed by atoms with Crippen LogP contribution >= 0.6 is 11.3 Å². The zero-order valence-corrected chi connectivity index (χ0v) is 20.0. The molecule has 4 rings (SSSR count). The minimum absolute atomic E-state index is 0.414. The molecule has 1 aliphatic rings. The normalized spacial score (nSPS) is 15.1. The maximum Gasteiger partial charge on any atom is 0.207 e. The first kappa shape index (κ1) is 24.8. The number of amides is 1. The van der Waals surface area contributed by atoms with E-state index in [9.17, 15) is 4.79 Å². The number of carbonyl (C=O) groups excluding carboxylic acids is 1. The number of thiophene rings is 1. The Morgan fingerprint density at radius 1 is 1.23 bits per heavy atom. The van der Waals surface area contributed by atoms with Crippen molar-refractivity contribution in [2.24, 2.45) is 17.1 Å². The third kappa shape index (κ3) is 7.96. The van der Waals surface area contributed by atoms with Crippen molar-refractivity contribution in [3.63, 3.8) is 0 Å². The van der Waals surface area contributed by atoms with Crippen LogP contribution in [0.15, 0.2) is 42.5 Å². The lowest BCUT2D eigenvalue weighted by Crippen LogP contribution is -2.27. The van der Waals surface area contributed by atoms with E-state index in [-0.39, 0.29) is 0 Å². The molecule has 0 radical (unpaired) electrons. The Bertz CT molecular complexity index is 947. The van der Waals surface area contributed by atoms with Crippen LogP contribution in [0.4, 0.5) is 5.69 Å². The Balaban J connectivity index is 0.000000217. The van der Waals surface area contributed by atoms with Gasteiger partial charge in [0.25, 0.3) is 0 Å². The number of aryl methyl sites for hydroxylation is 2. The number of anilines is 1. The van der Waals surface area contributed by atoms with Crippen molar-refractivity contribution in [2.45, 2.75) is 47.0 Å². The summed E-state index contributed by atoms with van der Waals surface area (Å²) in [5, 5.41) is 3.73. The predicted octanol–water partition coefficient (Wildman–Crippen LogP) is 4.72. The molecule has 0 spiro atoms. The van der Waals surface area contributed by atoms with Crippen molar-refractivity contribution in [1.29, 1.82) is 0 Å². The van der Waals surface area contributed by atoms with Gasteiger partial charge in [-0.15, -0.1) is 11.3 Å². The maximum absolute atomic E-state index is 9.40. The molecule has 0 saturated heterocycles. The van der Waals surface area contributed by atoms with Gasteiger partial charge in [0.1, 0.15) is 4.83 Å². The highest BCUT2D eigenvalue weighted by atomic mass is 32.1. The molecule has 5 N–H and O–H groups in total. The molecule has 168 valence electrons. The number of nitrogen functional groups attached to an aromatic ring is 1. The monoisotopic (exact) mass is 440 g/mol. The molecule has 6 heteroatoms. The van der Waals surface area contributed by atoms with Crippen molar-refractivity contribution in [2.75, 3.05) is 18.8 Å². The molecule has 2 aromatic heterocycles. The zero-order chi connectivity index (χ0) is 22.9. The van der Waals surface area contributed by atoms with E-state index < -0.39 is 0 Å². The molecule has 0 fully saturated rings. The molecular weight excluding hydrogens is 404 g/mol. The second-order valence-electron chi connectivity index (χ2n) is 8.92. The number of hydrogen-bond acceptors (Lipinski definition) is 5. The van der Waals surface area contributed by atoms with Gasteiger partial charge in [0, 0.05) is 34.7 Å². The van der Waals surface area contributed by atoms with Crippen LogP contribution in [0.3, 0.4) is 0 Å². The molecule has 1 amide bonds. The number of pyridine rings is 1. The smallest absolute Gasteiger partial charge is 0.207 e. The van der Waals surface area contributed by atoms with Gasteiger partial charge in [-0.25, -0.2) is 4.98 Å². The van der Waals surface area contributed by atoms with Crippen LogP contribution in [0.25, 0.3) is 10.2 Å². The van der Waals surface area contributed by atoms with Crippen LogP contribution in [-0.4, -0.2) is 24.5 Å². The summed E-state index contributed by atoms with van der Waals surface area (Å²) in [5.74, 6) is 0.795. The van der Waals surface area contributed by atoms with Gasteiger partial charge in [0.2, 0.25) is 6.41 Å². The van der Waals surface area contributed by atoms with Gasteiger partial charge in [0.05, 0.1) is 0 Å². The van der Waals surface area contributed by atoms with Gasteiger partial charge in [-0.1, -0.05) is 39.0 Å². The quantitative estimate of drug-likeness (QED) is 0.312. The minimum atomic E-state index is 0.414. The SMILES string of the molecule is Cc1cc2cc3c(nc2s1)CCC(C(C)(C)C)C3.NCCNC=O.Nc1ccccc1. The highest BCUT2D eigenvalue weighted by Crippen LogP contribution is 2.38. The number of benzene rings is 1. The molecule has 1 aliphatic carbocycles. The molecule has 1 atom stereocenters. The summed E-state index contributed by atoms with van der Waals surface area (Å²) in [5.41, 5.74) is 14.4. The highest BCUT2D eigenvalue weighted by molar-refractivity contribution is 7.18.